The molecule has 40 valence electrons. The quantitative estimate of drug-likeness (QED) is 0.553. The molecule has 0 aliphatic carbocycles. The van der Waals surface area contributed by atoms with Crippen LogP contribution >= 0.6 is 0 Å². The zero-order chi connectivity index (χ0) is 5.70. The second-order valence-electron chi connectivity index (χ2n) is 1.42. The third kappa shape index (κ3) is 3.28. The minimum absolute atomic E-state index is 0.260. The fraction of sp³-hybridized carbons (Fsp3) is 0.800. The van der Waals surface area contributed by atoms with Gasteiger partial charge >= 0.3 is 0 Å². The number of rotatable bonds is 2. The zero-order valence-corrected chi connectivity index (χ0v) is 4.39. The van der Waals surface area contributed by atoms with Crippen LogP contribution in [0, 0.1) is 11.3 Å². The summed E-state index contributed by atoms with van der Waals surface area (Å²) in [5.41, 5.74) is 0. The molecule has 1 N–H and O–H groups in total. The Morgan fingerprint density at radius 1 is 1.86 bits per heavy atom. The summed E-state index contributed by atoms with van der Waals surface area (Å²) in [6, 6.07) is 1.87. The van der Waals surface area contributed by atoms with Gasteiger partial charge in [-0.15, -0.1) is 0 Å². The summed E-state index contributed by atoms with van der Waals surface area (Å²) in [7, 11) is 0. The SMILES string of the molecule is CC[C@@H](O)CC#N. The molecule has 0 fully saturated rings. The van der Waals surface area contributed by atoms with Gasteiger partial charge in [0.1, 0.15) is 0 Å². The maximum absolute atomic E-state index is 8.64. The minimum Gasteiger partial charge on any atom is -0.392 e. The van der Waals surface area contributed by atoms with E-state index in [1.807, 2.05) is 13.0 Å². The van der Waals surface area contributed by atoms with E-state index in [1.54, 1.807) is 0 Å². The Hall–Kier alpha value is -0.550. The number of hydrogen-bond donors (Lipinski definition) is 1. The van der Waals surface area contributed by atoms with Crippen molar-refractivity contribution in [1.29, 1.82) is 5.26 Å². The van der Waals surface area contributed by atoms with Crippen molar-refractivity contribution in [2.75, 3.05) is 0 Å². The Kier molecular flexibility index (Phi) is 3.35. The van der Waals surface area contributed by atoms with Gasteiger partial charge in [-0.25, -0.2) is 0 Å². The highest BCUT2D eigenvalue weighted by Crippen LogP contribution is 1.92. The van der Waals surface area contributed by atoms with Crippen LogP contribution in [-0.2, 0) is 0 Å². The highest BCUT2D eigenvalue weighted by atomic mass is 16.3. The number of nitriles is 1. The predicted molar refractivity (Wildman–Crippen MR) is 26.5 cm³/mol. The lowest BCUT2D eigenvalue weighted by molar-refractivity contribution is 0.175. The van der Waals surface area contributed by atoms with E-state index >= 15 is 0 Å². The van der Waals surface area contributed by atoms with Crippen molar-refractivity contribution in [3.05, 3.63) is 0 Å². The van der Waals surface area contributed by atoms with Gasteiger partial charge in [0.05, 0.1) is 18.6 Å². The molecule has 0 aromatic rings. The van der Waals surface area contributed by atoms with Crippen LogP contribution < -0.4 is 0 Å². The number of nitrogens with zero attached hydrogens (tertiary/aromatic N) is 1. The molecule has 0 bridgehead atoms. The van der Waals surface area contributed by atoms with E-state index in [9.17, 15) is 0 Å². The molecule has 0 aromatic carbocycles. The molecule has 0 amide bonds. The maximum atomic E-state index is 8.64. The van der Waals surface area contributed by atoms with Crippen molar-refractivity contribution in [3.8, 4) is 6.07 Å². The highest BCUT2D eigenvalue weighted by Gasteiger charge is 1.95. The summed E-state index contributed by atoms with van der Waals surface area (Å²) in [6.45, 7) is 1.85. The molecule has 1 atom stereocenters. The molecule has 0 aromatic heterocycles. The number of aliphatic hydroxyl groups excluding tert-OH is 1. The van der Waals surface area contributed by atoms with Crippen molar-refractivity contribution < 1.29 is 5.11 Å². The average molecular weight is 99.1 g/mol. The summed E-state index contributed by atoms with van der Waals surface area (Å²) in [5, 5.41) is 16.6. The first-order valence-electron chi connectivity index (χ1n) is 2.36. The van der Waals surface area contributed by atoms with E-state index < -0.39 is 6.10 Å². The Balaban J connectivity index is 3.03. The molecule has 0 aliphatic heterocycles. The van der Waals surface area contributed by atoms with Gasteiger partial charge < -0.3 is 5.11 Å². The van der Waals surface area contributed by atoms with Gasteiger partial charge in [0, 0.05) is 0 Å². The molecule has 0 heterocycles. The van der Waals surface area contributed by atoms with Gasteiger partial charge in [0.2, 0.25) is 0 Å². The maximum Gasteiger partial charge on any atom is 0.0667 e. The highest BCUT2D eigenvalue weighted by molar-refractivity contribution is 4.73. The molecule has 0 saturated heterocycles. The minimum atomic E-state index is -0.412. The van der Waals surface area contributed by atoms with Gasteiger partial charge in [-0.1, -0.05) is 6.92 Å². The molecule has 7 heavy (non-hydrogen) atoms. The standard InChI is InChI=1S/C5H9NO/c1-2-5(7)3-4-6/h5,7H,2-3H2,1H3/t5-/m1/s1. The van der Waals surface area contributed by atoms with Crippen LogP contribution in [0.15, 0.2) is 0 Å². The number of aliphatic hydroxyl groups is 1. The molecule has 2 heteroatoms. The number of hydrogen-bond acceptors (Lipinski definition) is 2. The summed E-state index contributed by atoms with van der Waals surface area (Å²) < 4.78 is 0. The lowest BCUT2D eigenvalue weighted by Gasteiger charge is -1.96. The largest absolute Gasteiger partial charge is 0.392 e. The van der Waals surface area contributed by atoms with Crippen molar-refractivity contribution in [1.82, 2.24) is 0 Å². The first-order chi connectivity index (χ1) is 3.31. The van der Waals surface area contributed by atoms with Crippen LogP contribution in [0.3, 0.4) is 0 Å². The second kappa shape index (κ2) is 3.63. The predicted octanol–water partition coefficient (Wildman–Crippen LogP) is 0.671. The van der Waals surface area contributed by atoms with Crippen LogP contribution in [-0.4, -0.2) is 11.2 Å². The molecule has 0 rings (SSSR count). The first kappa shape index (κ1) is 6.45. The molecule has 0 radical (unpaired) electrons. The van der Waals surface area contributed by atoms with E-state index in [4.69, 9.17) is 10.4 Å². The molecule has 0 unspecified atom stereocenters. The molecule has 0 aliphatic rings. The lowest BCUT2D eigenvalue weighted by Crippen LogP contribution is -2.00. The van der Waals surface area contributed by atoms with Crippen LogP contribution in [0.4, 0.5) is 0 Å². The third-order valence-electron chi connectivity index (χ3n) is 0.798. The van der Waals surface area contributed by atoms with Gasteiger partial charge in [0.25, 0.3) is 0 Å². The molecule has 0 saturated carbocycles. The van der Waals surface area contributed by atoms with Crippen LogP contribution in [0.25, 0.3) is 0 Å². The summed E-state index contributed by atoms with van der Waals surface area (Å²) in [4.78, 5) is 0. The van der Waals surface area contributed by atoms with E-state index in [0.29, 0.717) is 6.42 Å². The fourth-order valence-electron chi connectivity index (χ4n) is 0.250. The van der Waals surface area contributed by atoms with Gasteiger partial charge in [-0.05, 0) is 6.42 Å². The van der Waals surface area contributed by atoms with Crippen molar-refractivity contribution >= 4 is 0 Å². The van der Waals surface area contributed by atoms with Crippen molar-refractivity contribution in [2.24, 2.45) is 0 Å². The van der Waals surface area contributed by atoms with Crippen LogP contribution in [0.1, 0.15) is 19.8 Å². The van der Waals surface area contributed by atoms with E-state index in [0.717, 1.165) is 0 Å². The van der Waals surface area contributed by atoms with E-state index in [-0.39, 0.29) is 6.42 Å². The van der Waals surface area contributed by atoms with Crippen molar-refractivity contribution in [3.63, 3.8) is 0 Å². The van der Waals surface area contributed by atoms with Gasteiger partial charge in [0.15, 0.2) is 0 Å². The molecule has 0 spiro atoms. The Labute approximate surface area is 43.4 Å². The Bertz CT molecular complexity index is 74.6. The smallest absolute Gasteiger partial charge is 0.0667 e. The second-order valence-corrected chi connectivity index (χ2v) is 1.42. The normalized spacial score (nSPS) is 12.7. The van der Waals surface area contributed by atoms with Crippen LogP contribution in [0.2, 0.25) is 0 Å². The molecular weight excluding hydrogens is 90.1 g/mol. The summed E-state index contributed by atoms with van der Waals surface area (Å²) in [5.74, 6) is 0. The van der Waals surface area contributed by atoms with E-state index in [2.05, 4.69) is 0 Å². The van der Waals surface area contributed by atoms with Crippen molar-refractivity contribution in [2.45, 2.75) is 25.9 Å². The summed E-state index contributed by atoms with van der Waals surface area (Å²) >= 11 is 0. The monoisotopic (exact) mass is 99.1 g/mol. The molecule has 2 nitrogen and oxygen atoms in total. The topological polar surface area (TPSA) is 44.0 Å². The Morgan fingerprint density at radius 3 is 2.57 bits per heavy atom. The lowest BCUT2D eigenvalue weighted by atomic mass is 10.2. The van der Waals surface area contributed by atoms with Crippen LogP contribution in [0.5, 0.6) is 0 Å². The Morgan fingerprint density at radius 2 is 2.43 bits per heavy atom. The fourth-order valence-corrected chi connectivity index (χ4v) is 0.250. The third-order valence-corrected chi connectivity index (χ3v) is 0.798. The zero-order valence-electron chi connectivity index (χ0n) is 4.39. The van der Waals surface area contributed by atoms with Gasteiger partial charge in [-0.2, -0.15) is 5.26 Å². The summed E-state index contributed by atoms with van der Waals surface area (Å²) in [6.07, 6.45) is 0.523. The molecular formula is C5H9NO. The van der Waals surface area contributed by atoms with E-state index in [1.165, 1.54) is 0 Å². The first-order valence-corrected chi connectivity index (χ1v) is 2.36. The average Bonchev–Trinajstić information content (AvgIpc) is 1.68. The van der Waals surface area contributed by atoms with Gasteiger partial charge in [-0.3, -0.25) is 0 Å².